The van der Waals surface area contributed by atoms with E-state index in [1.807, 2.05) is 4.90 Å². The van der Waals surface area contributed by atoms with Gasteiger partial charge in [-0.2, -0.15) is 0 Å². The Hall–Kier alpha value is -0.610. The summed E-state index contributed by atoms with van der Waals surface area (Å²) in [5, 5.41) is 0. The Balaban J connectivity index is 1.85. The van der Waals surface area contributed by atoms with E-state index in [1.54, 1.807) is 0 Å². The fraction of sp³-hybridized carbons (Fsp3) is 0.929. The maximum absolute atomic E-state index is 11.5. The third-order valence-corrected chi connectivity index (χ3v) is 3.63. The number of hydrogen-bond donors (Lipinski definition) is 2. The Labute approximate surface area is 111 Å². The van der Waals surface area contributed by atoms with Crippen LogP contribution < -0.4 is 11.5 Å². The Morgan fingerprint density at radius 1 is 1.00 bits per heavy atom. The Morgan fingerprint density at radius 2 is 1.56 bits per heavy atom. The predicted molar refractivity (Wildman–Crippen MR) is 75.2 cm³/mol. The van der Waals surface area contributed by atoms with E-state index in [0.29, 0.717) is 6.42 Å². The van der Waals surface area contributed by atoms with Gasteiger partial charge in [0.05, 0.1) is 0 Å². The first-order valence-electron chi connectivity index (χ1n) is 7.47. The van der Waals surface area contributed by atoms with Gasteiger partial charge in [-0.1, -0.05) is 38.5 Å². The van der Waals surface area contributed by atoms with Gasteiger partial charge < -0.3 is 16.4 Å². The van der Waals surface area contributed by atoms with Crippen LogP contribution in [0.4, 0.5) is 0 Å². The van der Waals surface area contributed by atoms with Gasteiger partial charge in [-0.15, -0.1) is 0 Å². The Bertz CT molecular complexity index is 233. The number of hydrogen-bond acceptors (Lipinski definition) is 3. The molecule has 1 heterocycles. The fourth-order valence-electron chi connectivity index (χ4n) is 2.53. The summed E-state index contributed by atoms with van der Waals surface area (Å²) in [5.74, 6) is 0.240. The lowest BCUT2D eigenvalue weighted by atomic mass is 10.1. The summed E-state index contributed by atoms with van der Waals surface area (Å²) in [4.78, 5) is 13.4. The Kier molecular flexibility index (Phi) is 8.01. The number of nitrogens with two attached hydrogens (primary N) is 2. The maximum Gasteiger partial charge on any atom is 0.224 e. The zero-order valence-electron chi connectivity index (χ0n) is 11.6. The summed E-state index contributed by atoms with van der Waals surface area (Å²) < 4.78 is 0. The topological polar surface area (TPSA) is 72.3 Å². The van der Waals surface area contributed by atoms with Gasteiger partial charge in [0.2, 0.25) is 5.91 Å². The SMILES string of the molecule is NCCCCCCCCCCN1CC(N)CC1=O. The summed E-state index contributed by atoms with van der Waals surface area (Å²) in [6.45, 7) is 2.49. The average Bonchev–Trinajstić information content (AvgIpc) is 2.66. The van der Waals surface area contributed by atoms with Crippen molar-refractivity contribution in [3.05, 3.63) is 0 Å². The van der Waals surface area contributed by atoms with Crippen molar-refractivity contribution < 1.29 is 4.79 Å². The van der Waals surface area contributed by atoms with Gasteiger partial charge >= 0.3 is 0 Å². The summed E-state index contributed by atoms with van der Waals surface area (Å²) in [6, 6.07) is 0.0695. The van der Waals surface area contributed by atoms with E-state index in [9.17, 15) is 4.79 Å². The number of carbonyl (C=O) groups excluding carboxylic acids is 1. The van der Waals surface area contributed by atoms with Crippen LogP contribution in [-0.4, -0.2) is 36.5 Å². The second-order valence-corrected chi connectivity index (χ2v) is 5.42. The molecule has 1 fully saturated rings. The molecule has 0 spiro atoms. The minimum Gasteiger partial charge on any atom is -0.341 e. The van der Waals surface area contributed by atoms with Crippen LogP contribution in [0.3, 0.4) is 0 Å². The van der Waals surface area contributed by atoms with Crippen molar-refractivity contribution in [2.24, 2.45) is 11.5 Å². The molecule has 106 valence electrons. The zero-order valence-corrected chi connectivity index (χ0v) is 11.6. The number of unbranched alkanes of at least 4 members (excludes halogenated alkanes) is 7. The monoisotopic (exact) mass is 255 g/mol. The van der Waals surface area contributed by atoms with Crippen molar-refractivity contribution in [1.82, 2.24) is 4.90 Å². The van der Waals surface area contributed by atoms with Crippen LogP contribution in [0.15, 0.2) is 0 Å². The fourth-order valence-corrected chi connectivity index (χ4v) is 2.53. The molecule has 4 nitrogen and oxygen atoms in total. The second kappa shape index (κ2) is 9.34. The largest absolute Gasteiger partial charge is 0.341 e. The molecule has 18 heavy (non-hydrogen) atoms. The van der Waals surface area contributed by atoms with Crippen molar-refractivity contribution >= 4 is 5.91 Å². The highest BCUT2D eigenvalue weighted by Crippen LogP contribution is 2.12. The number of rotatable bonds is 10. The average molecular weight is 255 g/mol. The molecule has 4 N–H and O–H groups in total. The van der Waals surface area contributed by atoms with E-state index in [-0.39, 0.29) is 11.9 Å². The van der Waals surface area contributed by atoms with Gasteiger partial charge in [0.25, 0.3) is 0 Å². The Morgan fingerprint density at radius 3 is 2.06 bits per heavy atom. The number of likely N-dealkylation sites (tertiary alicyclic amines) is 1. The van der Waals surface area contributed by atoms with Crippen LogP contribution in [0, 0.1) is 0 Å². The molecule has 0 aromatic rings. The molecule has 0 bridgehead atoms. The molecule has 0 aliphatic carbocycles. The number of carbonyl (C=O) groups is 1. The van der Waals surface area contributed by atoms with Crippen molar-refractivity contribution in [3.8, 4) is 0 Å². The van der Waals surface area contributed by atoms with E-state index >= 15 is 0 Å². The highest BCUT2D eigenvalue weighted by atomic mass is 16.2. The number of amides is 1. The molecule has 1 saturated heterocycles. The zero-order chi connectivity index (χ0) is 13.2. The molecular formula is C14H29N3O. The first-order chi connectivity index (χ1) is 8.74. The lowest BCUT2D eigenvalue weighted by Gasteiger charge is -2.15. The van der Waals surface area contributed by atoms with Crippen LogP contribution >= 0.6 is 0 Å². The highest BCUT2D eigenvalue weighted by Gasteiger charge is 2.25. The summed E-state index contributed by atoms with van der Waals surface area (Å²) in [7, 11) is 0. The van der Waals surface area contributed by atoms with Crippen LogP contribution in [0.5, 0.6) is 0 Å². The smallest absolute Gasteiger partial charge is 0.224 e. The molecule has 0 aromatic heterocycles. The van der Waals surface area contributed by atoms with Crippen molar-refractivity contribution in [3.63, 3.8) is 0 Å². The van der Waals surface area contributed by atoms with E-state index in [2.05, 4.69) is 0 Å². The molecule has 1 unspecified atom stereocenters. The van der Waals surface area contributed by atoms with Crippen molar-refractivity contribution in [2.45, 2.75) is 63.8 Å². The van der Waals surface area contributed by atoms with Crippen LogP contribution in [0.2, 0.25) is 0 Å². The minimum atomic E-state index is 0.0695. The van der Waals surface area contributed by atoms with Crippen LogP contribution in [0.1, 0.15) is 57.8 Å². The predicted octanol–water partition coefficient (Wildman–Crippen LogP) is 1.63. The third-order valence-electron chi connectivity index (χ3n) is 3.63. The van der Waals surface area contributed by atoms with Crippen molar-refractivity contribution in [1.29, 1.82) is 0 Å². The van der Waals surface area contributed by atoms with Gasteiger partial charge in [0.15, 0.2) is 0 Å². The molecule has 0 saturated carbocycles. The summed E-state index contributed by atoms with van der Waals surface area (Å²) in [5.41, 5.74) is 11.2. The third kappa shape index (κ3) is 6.36. The van der Waals surface area contributed by atoms with E-state index in [1.165, 1.54) is 38.5 Å². The molecule has 0 radical (unpaired) electrons. The highest BCUT2D eigenvalue weighted by molar-refractivity contribution is 5.79. The van der Waals surface area contributed by atoms with Gasteiger partial charge in [0, 0.05) is 25.6 Å². The summed E-state index contributed by atoms with van der Waals surface area (Å²) >= 11 is 0. The molecule has 1 rings (SSSR count). The lowest BCUT2D eigenvalue weighted by Crippen LogP contribution is -2.29. The molecule has 1 atom stereocenters. The number of nitrogens with zero attached hydrogens (tertiary/aromatic N) is 1. The standard InChI is InChI=1S/C14H29N3O/c15-9-7-5-3-1-2-4-6-8-10-17-12-13(16)11-14(17)18/h13H,1-12,15-16H2. The molecule has 4 heteroatoms. The van der Waals surface area contributed by atoms with Gasteiger partial charge in [-0.25, -0.2) is 0 Å². The van der Waals surface area contributed by atoms with Gasteiger partial charge in [-0.3, -0.25) is 4.79 Å². The quantitative estimate of drug-likeness (QED) is 0.583. The van der Waals surface area contributed by atoms with E-state index in [4.69, 9.17) is 11.5 Å². The van der Waals surface area contributed by atoms with Gasteiger partial charge in [0.1, 0.15) is 0 Å². The van der Waals surface area contributed by atoms with Gasteiger partial charge in [-0.05, 0) is 19.4 Å². The first-order valence-corrected chi connectivity index (χ1v) is 7.47. The molecule has 1 amide bonds. The molecule has 1 aliphatic rings. The van der Waals surface area contributed by atoms with Crippen molar-refractivity contribution in [2.75, 3.05) is 19.6 Å². The first kappa shape index (κ1) is 15.4. The molecular weight excluding hydrogens is 226 g/mol. The minimum absolute atomic E-state index is 0.0695. The van der Waals surface area contributed by atoms with E-state index in [0.717, 1.165) is 32.5 Å². The van der Waals surface area contributed by atoms with E-state index < -0.39 is 0 Å². The summed E-state index contributed by atoms with van der Waals surface area (Å²) in [6.07, 6.45) is 10.6. The van der Waals surface area contributed by atoms with Crippen LogP contribution in [-0.2, 0) is 4.79 Å². The maximum atomic E-state index is 11.5. The molecule has 1 aliphatic heterocycles. The second-order valence-electron chi connectivity index (χ2n) is 5.42. The van der Waals surface area contributed by atoms with Crippen LogP contribution in [0.25, 0.3) is 0 Å². The molecule has 0 aromatic carbocycles. The lowest BCUT2D eigenvalue weighted by molar-refractivity contribution is -0.127. The normalized spacial score (nSPS) is 19.8.